The molecule has 1 aromatic heterocycles. The number of nitrogens with zero attached hydrogens (tertiary/aromatic N) is 2. The van der Waals surface area contributed by atoms with Crippen molar-refractivity contribution in [1.82, 2.24) is 15.2 Å². The zero-order valence-electron chi connectivity index (χ0n) is 15.0. The van der Waals surface area contributed by atoms with Gasteiger partial charge in [-0.1, -0.05) is 11.3 Å². The molecule has 14 heteroatoms. The Kier molecular flexibility index (Phi) is 7.75. The first-order valence-electron chi connectivity index (χ1n) is 8.06. The Balaban J connectivity index is 1.89. The fourth-order valence-electron chi connectivity index (χ4n) is 2.12. The van der Waals surface area contributed by atoms with Crippen LogP contribution in [0.5, 0.6) is 5.75 Å². The minimum atomic E-state index is -4.81. The Labute approximate surface area is 168 Å². The molecule has 0 aliphatic carbocycles. The van der Waals surface area contributed by atoms with Crippen LogP contribution in [-0.4, -0.2) is 68.9 Å². The van der Waals surface area contributed by atoms with Gasteiger partial charge in [-0.3, -0.25) is 9.59 Å². The molecule has 0 aliphatic heterocycles. The van der Waals surface area contributed by atoms with Crippen LogP contribution in [0.3, 0.4) is 0 Å². The number of thiazole rings is 1. The maximum atomic E-state index is 12.3. The summed E-state index contributed by atoms with van der Waals surface area (Å²) in [4.78, 5) is 29.2. The Bertz CT molecular complexity index is 953. The van der Waals surface area contributed by atoms with Gasteiger partial charge < -0.3 is 20.3 Å². The van der Waals surface area contributed by atoms with E-state index in [-0.39, 0.29) is 30.5 Å². The number of carbonyl (C=O) groups excluding carboxylic acids is 2. The van der Waals surface area contributed by atoms with E-state index in [9.17, 15) is 31.2 Å². The van der Waals surface area contributed by atoms with Crippen molar-refractivity contribution >= 4 is 49.2 Å². The van der Waals surface area contributed by atoms with Crippen molar-refractivity contribution in [2.45, 2.75) is 6.36 Å². The number of thiol groups is 1. The number of ether oxygens (including phenoxy) is 1. The minimum absolute atomic E-state index is 0.0971. The number of likely N-dealkylation sites (N-methyl/N-ethyl adjacent to an activating group) is 1. The number of alkyl halides is 3. The summed E-state index contributed by atoms with van der Waals surface area (Å²) in [6.45, 7) is -0.291. The molecule has 0 atom stereocenters. The maximum Gasteiger partial charge on any atom is 0.573 e. The third kappa shape index (κ3) is 7.83. The number of carbonyl (C=O) groups is 2. The molecule has 0 spiro atoms. The molecule has 1 heterocycles. The molecule has 29 heavy (non-hydrogen) atoms. The zero-order chi connectivity index (χ0) is 21.6. The Hall–Kier alpha value is -2.45. The third-order valence-electron chi connectivity index (χ3n) is 3.39. The second-order valence-electron chi connectivity index (χ2n) is 5.73. The summed E-state index contributed by atoms with van der Waals surface area (Å²) in [6, 6.07) is 3.61. The zero-order valence-corrected chi connectivity index (χ0v) is 16.7. The highest BCUT2D eigenvalue weighted by Crippen LogP contribution is 2.31. The van der Waals surface area contributed by atoms with Gasteiger partial charge >= 0.3 is 6.36 Å². The molecule has 0 saturated carbocycles. The summed E-state index contributed by atoms with van der Waals surface area (Å²) < 4.78 is 61.9. The number of amides is 2. The highest BCUT2D eigenvalue weighted by molar-refractivity contribution is 7.72. The number of hydrogen-bond acceptors (Lipinski definition) is 8. The van der Waals surface area contributed by atoms with Crippen molar-refractivity contribution < 1.29 is 35.9 Å². The molecule has 2 amide bonds. The lowest BCUT2D eigenvalue weighted by atomic mass is 10.3. The van der Waals surface area contributed by atoms with Crippen molar-refractivity contribution in [1.29, 1.82) is 0 Å². The first-order chi connectivity index (χ1) is 13.5. The summed E-state index contributed by atoms with van der Waals surface area (Å²) in [5.41, 5.74) is 0.380. The van der Waals surface area contributed by atoms with Crippen LogP contribution < -0.4 is 15.4 Å². The van der Waals surface area contributed by atoms with Crippen LogP contribution in [-0.2, 0) is 20.3 Å². The average Bonchev–Trinajstić information content (AvgIpc) is 2.97. The molecule has 0 radical (unpaired) electrons. The Morgan fingerprint density at radius 2 is 2.03 bits per heavy atom. The quantitative estimate of drug-likeness (QED) is 0.379. The molecule has 2 rings (SSSR count). The van der Waals surface area contributed by atoms with E-state index in [0.29, 0.717) is 10.2 Å². The fourth-order valence-corrected chi connectivity index (χ4v) is 3.37. The molecule has 2 aromatic rings. The highest BCUT2D eigenvalue weighted by atomic mass is 32.2. The van der Waals surface area contributed by atoms with E-state index in [0.717, 1.165) is 28.4 Å². The molecule has 0 saturated heterocycles. The van der Waals surface area contributed by atoms with E-state index >= 15 is 0 Å². The van der Waals surface area contributed by atoms with Crippen LogP contribution in [0, 0.1) is 0 Å². The summed E-state index contributed by atoms with van der Waals surface area (Å²) in [6.07, 6.45) is -4.81. The predicted molar refractivity (Wildman–Crippen MR) is 101 cm³/mol. The lowest BCUT2D eigenvalue weighted by Crippen LogP contribution is -2.40. The first kappa shape index (κ1) is 22.8. The van der Waals surface area contributed by atoms with Gasteiger partial charge in [-0.15, -0.1) is 13.2 Å². The molecule has 0 fully saturated rings. The van der Waals surface area contributed by atoms with Gasteiger partial charge in [0.1, 0.15) is 16.5 Å². The second kappa shape index (κ2) is 9.84. The number of nitrogens with one attached hydrogen (secondary N) is 2. The average molecular weight is 454 g/mol. The topological polar surface area (TPSA) is 118 Å². The van der Waals surface area contributed by atoms with Gasteiger partial charge in [0, 0.05) is 19.7 Å². The first-order valence-corrected chi connectivity index (χ1v) is 10.2. The van der Waals surface area contributed by atoms with Gasteiger partial charge in [0.25, 0.3) is 0 Å². The summed E-state index contributed by atoms with van der Waals surface area (Å²) in [7, 11) is -1.13. The SMILES string of the molecule is CN(CC(=O)Nc1nc2ccc(OC(F)(F)F)cc2s1)C(=O)CNCC[SH](=O)=O. The van der Waals surface area contributed by atoms with Gasteiger partial charge in [-0.2, -0.15) is 0 Å². The van der Waals surface area contributed by atoms with E-state index in [1.54, 1.807) is 0 Å². The molecule has 9 nitrogen and oxygen atoms in total. The van der Waals surface area contributed by atoms with Crippen molar-refractivity contribution in [3.63, 3.8) is 0 Å². The van der Waals surface area contributed by atoms with Crippen molar-refractivity contribution in [2.24, 2.45) is 0 Å². The lowest BCUT2D eigenvalue weighted by molar-refractivity contribution is -0.274. The normalized spacial score (nSPS) is 11.6. The van der Waals surface area contributed by atoms with Crippen LogP contribution in [0.4, 0.5) is 18.3 Å². The smallest absolute Gasteiger partial charge is 0.406 e. The standard InChI is InChI=1S/C15H17F3N4O5S2/c1-22(13(24)7-19-4-5-29(25)26)8-12(23)21-14-20-10-3-2-9(6-11(10)28-14)27-15(16,17)18/h2-3,6,19,29H,4-5,7-8H2,1H3,(H,20,21,23). The predicted octanol–water partition coefficient (Wildman–Crippen LogP) is 0.793. The van der Waals surface area contributed by atoms with E-state index in [1.807, 2.05) is 0 Å². The molecule has 0 unspecified atom stereocenters. The van der Waals surface area contributed by atoms with E-state index < -0.39 is 34.6 Å². The van der Waals surface area contributed by atoms with Gasteiger partial charge in [0.05, 0.1) is 29.1 Å². The van der Waals surface area contributed by atoms with Crippen LogP contribution in [0.1, 0.15) is 0 Å². The number of aromatic nitrogens is 1. The van der Waals surface area contributed by atoms with Crippen LogP contribution >= 0.6 is 11.3 Å². The largest absolute Gasteiger partial charge is 0.573 e. The molecule has 160 valence electrons. The minimum Gasteiger partial charge on any atom is -0.406 e. The van der Waals surface area contributed by atoms with Gasteiger partial charge in [-0.05, 0) is 12.1 Å². The molecular weight excluding hydrogens is 437 g/mol. The molecule has 1 aromatic carbocycles. The monoisotopic (exact) mass is 454 g/mol. The molecular formula is C15H17F3N4O5S2. The van der Waals surface area contributed by atoms with Crippen LogP contribution in [0.15, 0.2) is 18.2 Å². The number of hydrogen-bond donors (Lipinski definition) is 3. The highest BCUT2D eigenvalue weighted by Gasteiger charge is 2.31. The number of halogens is 3. The van der Waals surface area contributed by atoms with Gasteiger partial charge in [-0.25, -0.2) is 13.4 Å². The number of anilines is 1. The number of fused-ring (bicyclic) bond motifs is 1. The summed E-state index contributed by atoms with van der Waals surface area (Å²) in [5.74, 6) is -1.46. The van der Waals surface area contributed by atoms with Crippen molar-refractivity contribution in [2.75, 3.05) is 37.8 Å². The van der Waals surface area contributed by atoms with E-state index in [2.05, 4.69) is 20.4 Å². The van der Waals surface area contributed by atoms with E-state index in [1.165, 1.54) is 13.1 Å². The van der Waals surface area contributed by atoms with Crippen molar-refractivity contribution in [3.05, 3.63) is 18.2 Å². The molecule has 0 aliphatic rings. The molecule has 2 N–H and O–H groups in total. The van der Waals surface area contributed by atoms with Crippen molar-refractivity contribution in [3.8, 4) is 5.75 Å². The Morgan fingerprint density at radius 3 is 2.69 bits per heavy atom. The third-order valence-corrected chi connectivity index (χ3v) is 4.92. The lowest BCUT2D eigenvalue weighted by Gasteiger charge is -2.16. The van der Waals surface area contributed by atoms with Crippen LogP contribution in [0.25, 0.3) is 10.2 Å². The number of benzene rings is 1. The molecule has 0 bridgehead atoms. The fraction of sp³-hybridized carbons (Fsp3) is 0.400. The summed E-state index contributed by atoms with van der Waals surface area (Å²) in [5, 5.41) is 5.29. The number of rotatable bonds is 9. The van der Waals surface area contributed by atoms with E-state index in [4.69, 9.17) is 0 Å². The van der Waals surface area contributed by atoms with Gasteiger partial charge in [0.2, 0.25) is 11.8 Å². The van der Waals surface area contributed by atoms with Gasteiger partial charge in [0.15, 0.2) is 5.13 Å². The maximum absolute atomic E-state index is 12.3. The Morgan fingerprint density at radius 1 is 1.31 bits per heavy atom. The van der Waals surface area contributed by atoms with Crippen LogP contribution in [0.2, 0.25) is 0 Å². The summed E-state index contributed by atoms with van der Waals surface area (Å²) >= 11 is 0.957. The second-order valence-corrected chi connectivity index (χ2v) is 7.87.